The average Bonchev–Trinajstić information content (AvgIpc) is 2.94. The largest absolute Gasteiger partial charge is 0.357 e. The highest BCUT2D eigenvalue weighted by atomic mass is 127. The lowest BCUT2D eigenvalue weighted by molar-refractivity contribution is 0.798. The first-order chi connectivity index (χ1) is 10.6. The van der Waals surface area contributed by atoms with Gasteiger partial charge in [-0.15, -0.1) is 35.7 Å². The molecule has 0 saturated heterocycles. The van der Waals surface area contributed by atoms with Crippen molar-refractivity contribution < 1.29 is 0 Å². The summed E-state index contributed by atoms with van der Waals surface area (Å²) in [6.07, 6.45) is 6.26. The maximum atomic E-state index is 4.28. The molecular weight excluding hydrogens is 419 g/mol. The summed E-state index contributed by atoms with van der Waals surface area (Å²) < 4.78 is 2.05. The van der Waals surface area contributed by atoms with Crippen LogP contribution in [0.3, 0.4) is 0 Å². The molecule has 0 aliphatic rings. The van der Waals surface area contributed by atoms with E-state index >= 15 is 0 Å². The molecule has 0 amide bonds. The molecule has 6 heteroatoms. The molecule has 1 heterocycles. The van der Waals surface area contributed by atoms with Crippen LogP contribution in [0, 0.1) is 6.92 Å². The fourth-order valence-electron chi connectivity index (χ4n) is 2.25. The molecule has 2 N–H and O–H groups in total. The molecule has 0 aliphatic heterocycles. The van der Waals surface area contributed by atoms with Gasteiger partial charge in [-0.2, -0.15) is 0 Å². The number of thioether (sulfide) groups is 1. The van der Waals surface area contributed by atoms with Gasteiger partial charge >= 0.3 is 0 Å². The van der Waals surface area contributed by atoms with Crippen molar-refractivity contribution in [2.45, 2.75) is 24.9 Å². The number of halogens is 1. The van der Waals surface area contributed by atoms with E-state index in [1.54, 1.807) is 18.8 Å². The van der Waals surface area contributed by atoms with Crippen LogP contribution in [0.1, 0.15) is 16.7 Å². The summed E-state index contributed by atoms with van der Waals surface area (Å²) in [5.41, 5.74) is 3.83. The van der Waals surface area contributed by atoms with Crippen LogP contribution in [0.4, 0.5) is 0 Å². The monoisotopic (exact) mass is 444 g/mol. The second kappa shape index (κ2) is 9.87. The number of guanidine groups is 1. The van der Waals surface area contributed by atoms with Crippen molar-refractivity contribution in [3.05, 3.63) is 53.3 Å². The molecule has 0 fully saturated rings. The Balaban J connectivity index is 0.00000264. The number of hydrogen-bond acceptors (Lipinski definition) is 2. The Morgan fingerprint density at radius 2 is 1.96 bits per heavy atom. The van der Waals surface area contributed by atoms with Gasteiger partial charge in [0.2, 0.25) is 0 Å². The van der Waals surface area contributed by atoms with Gasteiger partial charge in [-0.1, -0.05) is 12.1 Å². The van der Waals surface area contributed by atoms with Crippen molar-refractivity contribution in [1.29, 1.82) is 0 Å². The van der Waals surface area contributed by atoms with Gasteiger partial charge in [0.1, 0.15) is 0 Å². The summed E-state index contributed by atoms with van der Waals surface area (Å²) in [5.74, 6) is 0.816. The Hall–Kier alpha value is -1.15. The van der Waals surface area contributed by atoms with Crippen molar-refractivity contribution in [3.8, 4) is 0 Å². The number of aromatic nitrogens is 1. The maximum Gasteiger partial charge on any atom is 0.191 e. The molecule has 0 aliphatic carbocycles. The van der Waals surface area contributed by atoms with E-state index in [2.05, 4.69) is 59.3 Å². The summed E-state index contributed by atoms with van der Waals surface area (Å²) >= 11 is 1.78. The molecule has 0 bridgehead atoms. The number of rotatable bonds is 5. The minimum atomic E-state index is 0. The maximum absolute atomic E-state index is 4.28. The predicted octanol–water partition coefficient (Wildman–Crippen LogP) is 3.54. The molecule has 1 aromatic heterocycles. The van der Waals surface area contributed by atoms with Gasteiger partial charge in [0.15, 0.2) is 5.96 Å². The summed E-state index contributed by atoms with van der Waals surface area (Å²) in [5, 5.41) is 6.71. The van der Waals surface area contributed by atoms with E-state index in [1.165, 1.54) is 21.6 Å². The lowest BCUT2D eigenvalue weighted by Gasteiger charge is -2.13. The number of aryl methyl sites for hydroxylation is 2. The molecule has 0 spiro atoms. The van der Waals surface area contributed by atoms with E-state index in [9.17, 15) is 0 Å². The predicted molar refractivity (Wildman–Crippen MR) is 111 cm³/mol. The first-order valence-electron chi connectivity index (χ1n) is 7.31. The summed E-state index contributed by atoms with van der Waals surface area (Å²) in [6, 6.07) is 8.66. The molecule has 1 aromatic carbocycles. The second-order valence-electron chi connectivity index (χ2n) is 5.28. The molecule has 126 valence electrons. The Morgan fingerprint density at radius 3 is 2.57 bits per heavy atom. The van der Waals surface area contributed by atoms with Crippen LogP contribution in [-0.2, 0) is 20.1 Å². The zero-order valence-corrected chi connectivity index (χ0v) is 17.2. The standard InChI is InChI=1S/C17H24N4S.HI/c1-13-5-6-15(16(9-13)22-4)11-20-17(18-2)19-10-14-7-8-21(3)12-14;/h5-9,12H,10-11H2,1-4H3,(H2,18,19,20);1H. The molecular formula is C17H25IN4S. The third-order valence-corrected chi connectivity index (χ3v) is 4.29. The zero-order chi connectivity index (χ0) is 15.9. The first-order valence-corrected chi connectivity index (χ1v) is 8.53. The van der Waals surface area contributed by atoms with Crippen LogP contribution in [0.2, 0.25) is 0 Å². The minimum absolute atomic E-state index is 0. The number of aliphatic imine (C=N–C) groups is 1. The molecule has 23 heavy (non-hydrogen) atoms. The van der Waals surface area contributed by atoms with Gasteiger partial charge in [-0.3, -0.25) is 4.99 Å². The van der Waals surface area contributed by atoms with E-state index in [0.717, 1.165) is 19.0 Å². The van der Waals surface area contributed by atoms with Crippen molar-refractivity contribution in [1.82, 2.24) is 15.2 Å². The quantitative estimate of drug-likeness (QED) is 0.321. The van der Waals surface area contributed by atoms with Crippen LogP contribution in [-0.4, -0.2) is 23.8 Å². The molecule has 2 aromatic rings. The topological polar surface area (TPSA) is 41.4 Å². The highest BCUT2D eigenvalue weighted by Gasteiger charge is 2.04. The van der Waals surface area contributed by atoms with Crippen LogP contribution in [0.5, 0.6) is 0 Å². The normalized spacial score (nSPS) is 11.0. The van der Waals surface area contributed by atoms with E-state index in [1.807, 2.05) is 17.8 Å². The first kappa shape index (κ1) is 19.9. The van der Waals surface area contributed by atoms with Crippen molar-refractivity contribution >= 4 is 41.7 Å². The Kier molecular flexibility index (Phi) is 8.54. The Bertz CT molecular complexity index is 652. The van der Waals surface area contributed by atoms with Gasteiger partial charge in [-0.25, -0.2) is 0 Å². The van der Waals surface area contributed by atoms with E-state index in [4.69, 9.17) is 0 Å². The number of nitrogens with one attached hydrogen (secondary N) is 2. The molecule has 2 rings (SSSR count). The van der Waals surface area contributed by atoms with E-state index < -0.39 is 0 Å². The minimum Gasteiger partial charge on any atom is -0.357 e. The zero-order valence-electron chi connectivity index (χ0n) is 14.1. The fourth-order valence-corrected chi connectivity index (χ4v) is 2.95. The van der Waals surface area contributed by atoms with Crippen LogP contribution in [0.25, 0.3) is 0 Å². The number of hydrogen-bond donors (Lipinski definition) is 2. The van der Waals surface area contributed by atoms with Crippen LogP contribution in [0.15, 0.2) is 46.5 Å². The van der Waals surface area contributed by atoms with Gasteiger partial charge in [0.25, 0.3) is 0 Å². The summed E-state index contributed by atoms with van der Waals surface area (Å²) in [4.78, 5) is 5.59. The van der Waals surface area contributed by atoms with Gasteiger partial charge < -0.3 is 15.2 Å². The smallest absolute Gasteiger partial charge is 0.191 e. The molecule has 4 nitrogen and oxygen atoms in total. The lowest BCUT2D eigenvalue weighted by atomic mass is 10.1. The molecule has 0 radical (unpaired) electrons. The van der Waals surface area contributed by atoms with Crippen LogP contribution < -0.4 is 10.6 Å². The lowest BCUT2D eigenvalue weighted by Crippen LogP contribution is -2.36. The van der Waals surface area contributed by atoms with Gasteiger partial charge in [-0.05, 0) is 42.0 Å². The van der Waals surface area contributed by atoms with E-state index in [0.29, 0.717) is 0 Å². The fraction of sp³-hybridized carbons (Fsp3) is 0.353. The highest BCUT2D eigenvalue weighted by Crippen LogP contribution is 2.21. The molecule has 0 atom stereocenters. The third kappa shape index (κ3) is 6.10. The number of benzene rings is 1. The average molecular weight is 444 g/mol. The van der Waals surface area contributed by atoms with Gasteiger partial charge in [0, 0.05) is 44.5 Å². The van der Waals surface area contributed by atoms with Crippen LogP contribution >= 0.6 is 35.7 Å². The Morgan fingerprint density at radius 1 is 1.22 bits per heavy atom. The van der Waals surface area contributed by atoms with Crippen molar-refractivity contribution in [2.75, 3.05) is 13.3 Å². The van der Waals surface area contributed by atoms with Gasteiger partial charge in [0.05, 0.1) is 0 Å². The summed E-state index contributed by atoms with van der Waals surface area (Å²) in [7, 11) is 3.82. The molecule has 0 unspecified atom stereocenters. The highest BCUT2D eigenvalue weighted by molar-refractivity contribution is 14.0. The van der Waals surface area contributed by atoms with Crippen molar-refractivity contribution in [2.24, 2.45) is 12.0 Å². The number of nitrogens with zero attached hydrogens (tertiary/aromatic N) is 2. The Labute approximate surface area is 160 Å². The van der Waals surface area contributed by atoms with Crippen molar-refractivity contribution in [3.63, 3.8) is 0 Å². The third-order valence-electron chi connectivity index (χ3n) is 3.47. The second-order valence-corrected chi connectivity index (χ2v) is 6.13. The van der Waals surface area contributed by atoms with E-state index in [-0.39, 0.29) is 24.0 Å². The SMILES string of the molecule is CN=C(NCc1ccn(C)c1)NCc1ccc(C)cc1SC.I. The molecule has 0 saturated carbocycles. The summed E-state index contributed by atoms with van der Waals surface area (Å²) in [6.45, 7) is 3.66.